The van der Waals surface area contributed by atoms with E-state index >= 15 is 0 Å². The van der Waals surface area contributed by atoms with Crippen molar-refractivity contribution < 1.29 is 28.5 Å². The lowest BCUT2D eigenvalue weighted by Gasteiger charge is -2.36. The minimum Gasteiger partial charge on any atom is -0.495 e. The molecule has 2 aromatic carbocycles. The third kappa shape index (κ3) is 7.39. The highest BCUT2D eigenvalue weighted by Gasteiger charge is 2.19. The Morgan fingerprint density at radius 2 is 1.70 bits per heavy atom. The van der Waals surface area contributed by atoms with Crippen molar-refractivity contribution in [1.29, 1.82) is 0 Å². The molecule has 178 valence electrons. The van der Waals surface area contributed by atoms with Crippen molar-refractivity contribution in [3.63, 3.8) is 0 Å². The molecule has 8 nitrogen and oxygen atoms in total. The summed E-state index contributed by atoms with van der Waals surface area (Å²) < 4.78 is 21.7. The van der Waals surface area contributed by atoms with Crippen molar-refractivity contribution in [2.24, 2.45) is 0 Å². The number of esters is 2. The number of carbonyl (C=O) groups is 2. The van der Waals surface area contributed by atoms with Gasteiger partial charge in [-0.3, -0.25) is 14.5 Å². The quantitative estimate of drug-likeness (QED) is 0.306. The Morgan fingerprint density at radius 1 is 0.939 bits per heavy atom. The van der Waals surface area contributed by atoms with Crippen LogP contribution in [0, 0.1) is 0 Å². The summed E-state index contributed by atoms with van der Waals surface area (Å²) in [6.07, 6.45) is 0.868. The lowest BCUT2D eigenvalue weighted by Crippen LogP contribution is -2.46. The monoisotopic (exact) mass is 456 g/mol. The van der Waals surface area contributed by atoms with Gasteiger partial charge in [-0.05, 0) is 36.8 Å². The first-order valence-electron chi connectivity index (χ1n) is 11.1. The lowest BCUT2D eigenvalue weighted by atomic mass is 10.2. The molecule has 0 radical (unpaired) electrons. The normalized spacial score (nSPS) is 14.0. The molecule has 0 saturated carbocycles. The molecule has 33 heavy (non-hydrogen) atoms. The fourth-order valence-corrected chi connectivity index (χ4v) is 3.79. The molecule has 1 aliphatic heterocycles. The topological polar surface area (TPSA) is 77.5 Å². The smallest absolute Gasteiger partial charge is 0.308 e. The van der Waals surface area contributed by atoms with Crippen LogP contribution in [0.1, 0.15) is 25.8 Å². The molecule has 0 atom stereocenters. The molecule has 3 rings (SSSR count). The van der Waals surface area contributed by atoms with Gasteiger partial charge in [0.1, 0.15) is 23.9 Å². The molecular formula is C25H32N2O6. The number of hydrogen-bond acceptors (Lipinski definition) is 8. The van der Waals surface area contributed by atoms with Gasteiger partial charge < -0.3 is 23.8 Å². The number of carbonyl (C=O) groups excluding carboxylic acids is 2. The Bertz CT molecular complexity index is 940. The van der Waals surface area contributed by atoms with Crippen LogP contribution in [-0.4, -0.2) is 63.3 Å². The summed E-state index contributed by atoms with van der Waals surface area (Å²) in [7, 11) is 1.70. The molecule has 0 N–H and O–H groups in total. The van der Waals surface area contributed by atoms with Gasteiger partial charge >= 0.3 is 11.9 Å². The Balaban J connectivity index is 1.46. The number of benzene rings is 2. The zero-order valence-corrected chi connectivity index (χ0v) is 19.5. The Hall–Kier alpha value is -3.26. The van der Waals surface area contributed by atoms with E-state index in [4.69, 9.17) is 18.9 Å². The minimum atomic E-state index is -0.409. The second-order valence-corrected chi connectivity index (χ2v) is 7.85. The van der Waals surface area contributed by atoms with Crippen LogP contribution in [0.15, 0.2) is 42.5 Å². The van der Waals surface area contributed by atoms with Gasteiger partial charge in [0, 0.05) is 52.1 Å². The van der Waals surface area contributed by atoms with Crippen LogP contribution in [0.4, 0.5) is 5.69 Å². The lowest BCUT2D eigenvalue weighted by molar-refractivity contribution is -0.142. The number of ether oxygens (including phenoxy) is 4. The molecule has 0 unspecified atom stereocenters. The average Bonchev–Trinajstić information content (AvgIpc) is 2.81. The van der Waals surface area contributed by atoms with E-state index in [1.54, 1.807) is 25.3 Å². The molecule has 0 spiro atoms. The van der Waals surface area contributed by atoms with E-state index in [0.717, 1.165) is 50.6 Å². The van der Waals surface area contributed by atoms with E-state index < -0.39 is 5.97 Å². The second-order valence-electron chi connectivity index (χ2n) is 7.85. The zero-order chi connectivity index (χ0) is 23.6. The van der Waals surface area contributed by atoms with E-state index in [0.29, 0.717) is 23.7 Å². The Kier molecular flexibility index (Phi) is 8.95. The zero-order valence-electron chi connectivity index (χ0n) is 19.5. The molecule has 0 bridgehead atoms. The molecular weight excluding hydrogens is 424 g/mol. The molecule has 0 aromatic heterocycles. The molecule has 8 heteroatoms. The van der Waals surface area contributed by atoms with E-state index in [9.17, 15) is 9.59 Å². The van der Waals surface area contributed by atoms with Gasteiger partial charge in [0.05, 0.1) is 19.4 Å². The number of hydrogen-bond donors (Lipinski definition) is 0. The molecule has 0 aliphatic carbocycles. The fraction of sp³-hybridized carbons (Fsp3) is 0.440. The number of rotatable bonds is 10. The molecule has 1 aliphatic rings. The van der Waals surface area contributed by atoms with E-state index in [1.165, 1.54) is 13.8 Å². The number of nitrogens with zero attached hydrogens (tertiary/aromatic N) is 2. The minimum absolute atomic E-state index is 0.0602. The maximum Gasteiger partial charge on any atom is 0.308 e. The van der Waals surface area contributed by atoms with Crippen LogP contribution < -0.4 is 19.1 Å². The molecule has 2 aromatic rings. The predicted octanol–water partition coefficient (Wildman–Crippen LogP) is 3.27. The standard InChI is InChI=1S/C25H32N2O6/c1-19(28)32-18-21-17-22(33-20(2)29)9-10-24(21)31-16-6-11-26-12-14-27(15-13-26)23-7-4-5-8-25(23)30-3/h4-5,7-10,17H,6,11-16,18H2,1-3H3. The highest BCUT2D eigenvalue weighted by atomic mass is 16.5. The van der Waals surface area contributed by atoms with Gasteiger partial charge in [0.2, 0.25) is 0 Å². The number of piperazine rings is 1. The van der Waals surface area contributed by atoms with E-state index in [-0.39, 0.29) is 12.6 Å². The first kappa shape index (κ1) is 24.4. The molecule has 1 fully saturated rings. The summed E-state index contributed by atoms with van der Waals surface area (Å²) in [4.78, 5) is 27.2. The summed E-state index contributed by atoms with van der Waals surface area (Å²) in [6, 6.07) is 13.2. The second kappa shape index (κ2) is 12.1. The highest BCUT2D eigenvalue weighted by Crippen LogP contribution is 2.28. The maximum absolute atomic E-state index is 11.2. The van der Waals surface area contributed by atoms with Gasteiger partial charge in [-0.1, -0.05) is 12.1 Å². The van der Waals surface area contributed by atoms with Crippen LogP contribution in [0.5, 0.6) is 17.2 Å². The summed E-state index contributed by atoms with van der Waals surface area (Å²) in [5.74, 6) is 1.13. The van der Waals surface area contributed by atoms with Crippen molar-refractivity contribution in [3.8, 4) is 17.2 Å². The highest BCUT2D eigenvalue weighted by molar-refractivity contribution is 5.69. The van der Waals surface area contributed by atoms with Gasteiger partial charge in [-0.2, -0.15) is 0 Å². The summed E-state index contributed by atoms with van der Waals surface area (Å²) in [6.45, 7) is 8.08. The SMILES string of the molecule is COc1ccccc1N1CCN(CCCOc2ccc(OC(C)=O)cc2COC(C)=O)CC1. The van der Waals surface area contributed by atoms with Gasteiger partial charge in [0.25, 0.3) is 0 Å². The third-order valence-corrected chi connectivity index (χ3v) is 5.40. The van der Waals surface area contributed by atoms with Gasteiger partial charge in [-0.25, -0.2) is 0 Å². The van der Waals surface area contributed by atoms with Crippen molar-refractivity contribution in [3.05, 3.63) is 48.0 Å². The predicted molar refractivity (Wildman–Crippen MR) is 125 cm³/mol. The van der Waals surface area contributed by atoms with Crippen LogP contribution in [-0.2, 0) is 20.9 Å². The number of methoxy groups -OCH3 is 1. The summed E-state index contributed by atoms with van der Waals surface area (Å²) >= 11 is 0. The van der Waals surface area contributed by atoms with Crippen molar-refractivity contribution >= 4 is 17.6 Å². The molecule has 1 heterocycles. The van der Waals surface area contributed by atoms with Crippen molar-refractivity contribution in [2.45, 2.75) is 26.9 Å². The van der Waals surface area contributed by atoms with E-state index in [2.05, 4.69) is 15.9 Å². The number of para-hydroxylation sites is 2. The van der Waals surface area contributed by atoms with Crippen LogP contribution in [0.25, 0.3) is 0 Å². The largest absolute Gasteiger partial charge is 0.495 e. The van der Waals surface area contributed by atoms with Gasteiger partial charge in [0.15, 0.2) is 0 Å². The van der Waals surface area contributed by atoms with Crippen molar-refractivity contribution in [2.75, 3.05) is 51.3 Å². The van der Waals surface area contributed by atoms with Crippen molar-refractivity contribution in [1.82, 2.24) is 4.90 Å². The first-order valence-corrected chi connectivity index (χ1v) is 11.1. The third-order valence-electron chi connectivity index (χ3n) is 5.40. The van der Waals surface area contributed by atoms with Crippen LogP contribution in [0.2, 0.25) is 0 Å². The first-order chi connectivity index (χ1) is 16.0. The molecule has 0 amide bonds. The van der Waals surface area contributed by atoms with Crippen LogP contribution in [0.3, 0.4) is 0 Å². The van der Waals surface area contributed by atoms with E-state index in [1.807, 2.05) is 18.2 Å². The average molecular weight is 457 g/mol. The summed E-state index contributed by atoms with van der Waals surface area (Å²) in [5, 5.41) is 0. The number of anilines is 1. The fourth-order valence-electron chi connectivity index (χ4n) is 3.79. The maximum atomic E-state index is 11.2. The molecule has 1 saturated heterocycles. The summed E-state index contributed by atoms with van der Waals surface area (Å²) in [5.41, 5.74) is 1.80. The Labute approximate surface area is 195 Å². The van der Waals surface area contributed by atoms with Crippen LogP contribution >= 0.6 is 0 Å². The van der Waals surface area contributed by atoms with Gasteiger partial charge in [-0.15, -0.1) is 0 Å². The Morgan fingerprint density at radius 3 is 2.39 bits per heavy atom.